The molecule has 2 amide bonds. The van der Waals surface area contributed by atoms with Crippen molar-refractivity contribution in [2.45, 2.75) is 6.54 Å². The first kappa shape index (κ1) is 17.2. The summed E-state index contributed by atoms with van der Waals surface area (Å²) >= 11 is 0. The Morgan fingerprint density at radius 1 is 0.692 bits per heavy atom. The van der Waals surface area contributed by atoms with Gasteiger partial charge in [-0.05, 0) is 42.0 Å². The van der Waals surface area contributed by atoms with E-state index in [1.54, 1.807) is 24.3 Å². The largest absolute Gasteiger partial charge is 0.457 e. The van der Waals surface area contributed by atoms with Gasteiger partial charge in [0.1, 0.15) is 11.5 Å². The van der Waals surface area contributed by atoms with Crippen LogP contribution in [0.25, 0.3) is 0 Å². The van der Waals surface area contributed by atoms with Crippen molar-refractivity contribution < 1.29 is 14.3 Å². The van der Waals surface area contributed by atoms with Gasteiger partial charge in [-0.3, -0.25) is 9.59 Å². The molecule has 0 spiro atoms. The van der Waals surface area contributed by atoms with E-state index in [1.165, 1.54) is 0 Å². The number of hydrogen-bond acceptors (Lipinski definition) is 3. The second-order valence-electron chi connectivity index (χ2n) is 5.56. The Balaban J connectivity index is 1.51. The minimum atomic E-state index is -0.711. The summed E-state index contributed by atoms with van der Waals surface area (Å²) in [6.45, 7) is 0.303. The van der Waals surface area contributed by atoms with Crippen molar-refractivity contribution in [2.24, 2.45) is 0 Å². The average Bonchev–Trinajstić information content (AvgIpc) is 2.69. The second-order valence-corrected chi connectivity index (χ2v) is 5.56. The maximum Gasteiger partial charge on any atom is 0.313 e. The molecule has 0 fully saturated rings. The van der Waals surface area contributed by atoms with Crippen LogP contribution in [0.3, 0.4) is 0 Å². The lowest BCUT2D eigenvalue weighted by atomic mass is 10.2. The first-order chi connectivity index (χ1) is 12.7. The Hall–Kier alpha value is -3.60. The van der Waals surface area contributed by atoms with Crippen LogP contribution in [0.2, 0.25) is 0 Å². The summed E-state index contributed by atoms with van der Waals surface area (Å²) in [5.41, 5.74) is 1.45. The number of rotatable bonds is 5. The molecule has 26 heavy (non-hydrogen) atoms. The fraction of sp³-hybridized carbons (Fsp3) is 0.0476. The van der Waals surface area contributed by atoms with E-state index < -0.39 is 11.8 Å². The highest BCUT2D eigenvalue weighted by atomic mass is 16.5. The van der Waals surface area contributed by atoms with Crippen LogP contribution in [0, 0.1) is 0 Å². The first-order valence-electron chi connectivity index (χ1n) is 8.17. The van der Waals surface area contributed by atoms with E-state index >= 15 is 0 Å². The van der Waals surface area contributed by atoms with Crippen LogP contribution in [0.15, 0.2) is 84.9 Å². The second kappa shape index (κ2) is 8.48. The van der Waals surface area contributed by atoms with Crippen molar-refractivity contribution in [3.63, 3.8) is 0 Å². The standard InChI is InChI=1S/C21H18N2O3/c24-20(22-15-16-7-3-1-4-8-16)21(25)23-17-11-13-19(14-12-17)26-18-9-5-2-6-10-18/h1-14H,15H2,(H,22,24)(H,23,25). The molecule has 0 aliphatic carbocycles. The lowest BCUT2D eigenvalue weighted by molar-refractivity contribution is -0.136. The molecule has 5 nitrogen and oxygen atoms in total. The van der Waals surface area contributed by atoms with Gasteiger partial charge in [0, 0.05) is 12.2 Å². The van der Waals surface area contributed by atoms with E-state index in [4.69, 9.17) is 4.74 Å². The molecule has 3 aromatic carbocycles. The van der Waals surface area contributed by atoms with Gasteiger partial charge in [0.2, 0.25) is 0 Å². The maximum atomic E-state index is 12.0. The highest BCUT2D eigenvalue weighted by molar-refractivity contribution is 6.39. The van der Waals surface area contributed by atoms with Crippen LogP contribution in [-0.4, -0.2) is 11.8 Å². The molecule has 0 atom stereocenters. The van der Waals surface area contributed by atoms with Crippen LogP contribution in [0.4, 0.5) is 5.69 Å². The fourth-order valence-corrected chi connectivity index (χ4v) is 2.28. The van der Waals surface area contributed by atoms with E-state index in [9.17, 15) is 9.59 Å². The van der Waals surface area contributed by atoms with Gasteiger partial charge in [0.15, 0.2) is 0 Å². The van der Waals surface area contributed by atoms with Crippen LogP contribution in [0.1, 0.15) is 5.56 Å². The van der Waals surface area contributed by atoms with Crippen molar-refractivity contribution in [1.29, 1.82) is 0 Å². The number of ether oxygens (including phenoxy) is 1. The zero-order valence-corrected chi connectivity index (χ0v) is 14.0. The van der Waals surface area contributed by atoms with Gasteiger partial charge in [0.05, 0.1) is 0 Å². The number of benzene rings is 3. The van der Waals surface area contributed by atoms with Gasteiger partial charge in [0.25, 0.3) is 0 Å². The number of nitrogens with one attached hydrogen (secondary N) is 2. The lowest BCUT2D eigenvalue weighted by Gasteiger charge is -2.08. The van der Waals surface area contributed by atoms with E-state index in [0.717, 1.165) is 11.3 Å². The van der Waals surface area contributed by atoms with Gasteiger partial charge < -0.3 is 15.4 Å². The first-order valence-corrected chi connectivity index (χ1v) is 8.17. The molecule has 0 heterocycles. The Morgan fingerprint density at radius 2 is 1.27 bits per heavy atom. The predicted octanol–water partition coefficient (Wildman–Crippen LogP) is 3.73. The van der Waals surface area contributed by atoms with Crippen LogP contribution in [0.5, 0.6) is 11.5 Å². The molecule has 0 aliphatic rings. The van der Waals surface area contributed by atoms with Crippen LogP contribution >= 0.6 is 0 Å². The minimum absolute atomic E-state index is 0.303. The number of anilines is 1. The number of carbonyl (C=O) groups is 2. The molecule has 0 bridgehead atoms. The summed E-state index contributed by atoms with van der Waals surface area (Å²) in [6.07, 6.45) is 0. The summed E-state index contributed by atoms with van der Waals surface area (Å²) in [7, 11) is 0. The SMILES string of the molecule is O=C(NCc1ccccc1)C(=O)Nc1ccc(Oc2ccccc2)cc1. The van der Waals surface area contributed by atoms with Gasteiger partial charge in [-0.2, -0.15) is 0 Å². The monoisotopic (exact) mass is 346 g/mol. The molecule has 130 valence electrons. The normalized spacial score (nSPS) is 10.0. The third-order valence-corrected chi connectivity index (χ3v) is 3.59. The lowest BCUT2D eigenvalue weighted by Crippen LogP contribution is -2.34. The molecule has 0 unspecified atom stereocenters. The van der Waals surface area contributed by atoms with E-state index in [-0.39, 0.29) is 0 Å². The third kappa shape index (κ3) is 4.95. The molecule has 5 heteroatoms. The molecular formula is C21H18N2O3. The van der Waals surface area contributed by atoms with Crippen molar-refractivity contribution in [1.82, 2.24) is 5.32 Å². The number of para-hydroxylation sites is 1. The maximum absolute atomic E-state index is 12.0. The van der Waals surface area contributed by atoms with E-state index in [0.29, 0.717) is 18.0 Å². The highest BCUT2D eigenvalue weighted by Gasteiger charge is 2.13. The van der Waals surface area contributed by atoms with Crippen LogP contribution < -0.4 is 15.4 Å². The highest BCUT2D eigenvalue weighted by Crippen LogP contribution is 2.22. The summed E-state index contributed by atoms with van der Waals surface area (Å²) in [5.74, 6) is -0.0246. The van der Waals surface area contributed by atoms with Crippen molar-refractivity contribution in [2.75, 3.05) is 5.32 Å². The van der Waals surface area contributed by atoms with E-state index in [2.05, 4.69) is 10.6 Å². The van der Waals surface area contributed by atoms with Crippen LogP contribution in [-0.2, 0) is 16.1 Å². The molecule has 0 saturated heterocycles. The third-order valence-electron chi connectivity index (χ3n) is 3.59. The molecular weight excluding hydrogens is 328 g/mol. The quantitative estimate of drug-likeness (QED) is 0.692. The Bertz CT molecular complexity index is 863. The number of amides is 2. The minimum Gasteiger partial charge on any atom is -0.457 e. The summed E-state index contributed by atoms with van der Waals surface area (Å²) < 4.78 is 5.68. The van der Waals surface area contributed by atoms with E-state index in [1.807, 2.05) is 60.7 Å². The molecule has 0 aliphatic heterocycles. The van der Waals surface area contributed by atoms with Gasteiger partial charge >= 0.3 is 11.8 Å². The smallest absolute Gasteiger partial charge is 0.313 e. The predicted molar refractivity (Wildman–Crippen MR) is 99.9 cm³/mol. The molecule has 3 aromatic rings. The van der Waals surface area contributed by atoms with Crippen molar-refractivity contribution in [3.8, 4) is 11.5 Å². The molecule has 2 N–H and O–H groups in total. The zero-order chi connectivity index (χ0) is 18.2. The molecule has 0 saturated carbocycles. The number of carbonyl (C=O) groups excluding carboxylic acids is 2. The van der Waals surface area contributed by atoms with Gasteiger partial charge in [-0.15, -0.1) is 0 Å². The van der Waals surface area contributed by atoms with Crippen molar-refractivity contribution in [3.05, 3.63) is 90.5 Å². The Kier molecular flexibility index (Phi) is 5.62. The van der Waals surface area contributed by atoms with Gasteiger partial charge in [-0.1, -0.05) is 48.5 Å². The molecule has 0 radical (unpaired) electrons. The topological polar surface area (TPSA) is 67.4 Å². The Labute approximate surface area is 151 Å². The molecule has 0 aromatic heterocycles. The summed E-state index contributed by atoms with van der Waals surface area (Å²) in [6, 6.07) is 25.6. The molecule has 3 rings (SSSR count). The Morgan fingerprint density at radius 3 is 1.92 bits per heavy atom. The van der Waals surface area contributed by atoms with Gasteiger partial charge in [-0.25, -0.2) is 0 Å². The fourth-order valence-electron chi connectivity index (χ4n) is 2.28. The summed E-state index contributed by atoms with van der Waals surface area (Å²) in [5, 5.41) is 5.15. The zero-order valence-electron chi connectivity index (χ0n) is 14.0. The van der Waals surface area contributed by atoms with Crippen molar-refractivity contribution >= 4 is 17.5 Å². The average molecular weight is 346 g/mol. The summed E-state index contributed by atoms with van der Waals surface area (Å²) in [4.78, 5) is 23.8. The number of hydrogen-bond donors (Lipinski definition) is 2.